The number of sulfonamides is 1. The van der Waals surface area contributed by atoms with Gasteiger partial charge in [0.15, 0.2) is 0 Å². The van der Waals surface area contributed by atoms with Crippen molar-refractivity contribution >= 4 is 61.6 Å². The van der Waals surface area contributed by atoms with Gasteiger partial charge >= 0.3 is 0 Å². The fraction of sp³-hybridized carbons (Fsp3) is 0.333. The topological polar surface area (TPSA) is 96.9 Å². The number of benzene rings is 1. The first kappa shape index (κ1) is 14.7. The summed E-state index contributed by atoms with van der Waals surface area (Å²) < 4.78 is 34.4. The zero-order chi connectivity index (χ0) is 14.2. The van der Waals surface area contributed by atoms with Crippen molar-refractivity contribution in [1.82, 2.24) is 0 Å². The van der Waals surface area contributed by atoms with Crippen molar-refractivity contribution in [2.75, 3.05) is 11.3 Å². The minimum absolute atomic E-state index is 0.000992. The van der Waals surface area contributed by atoms with Crippen molar-refractivity contribution in [2.24, 2.45) is 14.5 Å². The summed E-state index contributed by atoms with van der Waals surface area (Å²) in [5.74, 6) is 0. The highest BCUT2D eigenvalue weighted by atomic mass is 35.5. The molecule has 0 saturated carbocycles. The van der Waals surface area contributed by atoms with E-state index in [1.165, 1.54) is 13.0 Å². The first-order valence-corrected chi connectivity index (χ1v) is 8.22. The number of nitrogens with two attached hydrogens (primary N) is 1. The molecule has 0 fully saturated rings. The van der Waals surface area contributed by atoms with E-state index in [1.54, 1.807) is 0 Å². The summed E-state index contributed by atoms with van der Waals surface area (Å²) in [6.45, 7) is 1.50. The molecule has 1 aliphatic rings. The smallest absolute Gasteiger partial charge is 0.236 e. The maximum Gasteiger partial charge on any atom is 0.236 e. The predicted octanol–water partition coefficient (Wildman–Crippen LogP) is 2.81. The van der Waals surface area contributed by atoms with Gasteiger partial charge in [0.2, 0.25) is 10.0 Å². The molecule has 0 bridgehead atoms. The number of anilines is 1. The molecule has 10 heteroatoms. The zero-order valence-electron chi connectivity index (χ0n) is 9.72. The molecule has 104 valence electrons. The summed E-state index contributed by atoms with van der Waals surface area (Å²) in [6.07, 6.45) is 0. The number of nitrogens with zero attached hydrogens (tertiary/aromatic N) is 2. The van der Waals surface area contributed by atoms with Gasteiger partial charge in [-0.15, -0.1) is 0 Å². The number of hydrogen-bond acceptors (Lipinski definition) is 5. The molecule has 0 aromatic heterocycles. The van der Waals surface area contributed by atoms with Gasteiger partial charge in [0.1, 0.15) is 11.4 Å². The van der Waals surface area contributed by atoms with Crippen LogP contribution in [0.4, 0.5) is 17.1 Å². The Morgan fingerprint density at radius 2 is 2.00 bits per heavy atom. The van der Waals surface area contributed by atoms with Crippen LogP contribution in [-0.2, 0) is 21.4 Å². The molecule has 1 aromatic rings. The molecule has 0 spiro atoms. The molecular weight excluding hydrogens is 331 g/mol. The molecule has 6 nitrogen and oxygen atoms in total. The second kappa shape index (κ2) is 5.37. The van der Waals surface area contributed by atoms with Gasteiger partial charge in [0, 0.05) is 6.54 Å². The average Bonchev–Trinajstić information content (AvgIpc) is 2.83. The lowest BCUT2D eigenvalue weighted by Crippen LogP contribution is -2.31. The second-order valence-corrected chi connectivity index (χ2v) is 7.31. The van der Waals surface area contributed by atoms with Gasteiger partial charge in [0.05, 0.1) is 32.3 Å². The fourth-order valence-corrected chi connectivity index (χ4v) is 3.50. The number of halogens is 2. The molecule has 1 aromatic carbocycles. The van der Waals surface area contributed by atoms with Gasteiger partial charge in [-0.3, -0.25) is 4.72 Å². The standard InChI is InChI=1S/C9H10Cl2N4O2S2/c1-4(3-12)19(16,17)15-8-6(11)2-5(10)7-9(8)14-18-13-7/h2,4,15H,3,12H2,1H3. The van der Waals surface area contributed by atoms with E-state index in [4.69, 9.17) is 28.9 Å². The van der Waals surface area contributed by atoms with Crippen LogP contribution in [0.25, 0.3) is 0 Å². The maximum atomic E-state index is 12.0. The Balaban J connectivity index is 2.49. The van der Waals surface area contributed by atoms with E-state index in [0.717, 1.165) is 11.4 Å². The average molecular weight is 341 g/mol. The van der Waals surface area contributed by atoms with Crippen molar-refractivity contribution in [1.29, 1.82) is 0 Å². The minimum atomic E-state index is -3.63. The highest BCUT2D eigenvalue weighted by Crippen LogP contribution is 2.48. The number of hydrogen-bond donors (Lipinski definition) is 2. The van der Waals surface area contributed by atoms with Crippen molar-refractivity contribution in [3.63, 3.8) is 0 Å². The third-order valence-corrected chi connectivity index (χ3v) is 5.40. The summed E-state index contributed by atoms with van der Waals surface area (Å²) in [6, 6.07) is 1.43. The Hall–Kier alpha value is -0.670. The predicted molar refractivity (Wildman–Crippen MR) is 79.1 cm³/mol. The number of rotatable bonds is 4. The van der Waals surface area contributed by atoms with E-state index in [2.05, 4.69) is 13.4 Å². The summed E-state index contributed by atoms with van der Waals surface area (Å²) in [4.78, 5) is 0. The lowest BCUT2D eigenvalue weighted by molar-refractivity contribution is 0.589. The zero-order valence-corrected chi connectivity index (χ0v) is 12.9. The van der Waals surface area contributed by atoms with Crippen LogP contribution in [0.5, 0.6) is 0 Å². The third kappa shape index (κ3) is 2.77. The van der Waals surface area contributed by atoms with Crippen LogP contribution in [0.2, 0.25) is 10.0 Å². The van der Waals surface area contributed by atoms with E-state index < -0.39 is 15.3 Å². The van der Waals surface area contributed by atoms with Crippen LogP contribution in [0.15, 0.2) is 14.8 Å². The van der Waals surface area contributed by atoms with Gasteiger partial charge in [-0.25, -0.2) is 8.42 Å². The molecule has 0 saturated heterocycles. The highest BCUT2D eigenvalue weighted by molar-refractivity contribution is 7.93. The van der Waals surface area contributed by atoms with Crippen molar-refractivity contribution in [3.8, 4) is 0 Å². The lowest BCUT2D eigenvalue weighted by Gasteiger charge is -2.15. The quantitative estimate of drug-likeness (QED) is 0.895. The molecule has 19 heavy (non-hydrogen) atoms. The monoisotopic (exact) mass is 340 g/mol. The van der Waals surface area contributed by atoms with Gasteiger partial charge in [0.25, 0.3) is 0 Å². The van der Waals surface area contributed by atoms with Crippen LogP contribution in [0.3, 0.4) is 0 Å². The van der Waals surface area contributed by atoms with Crippen LogP contribution >= 0.6 is 23.2 Å². The van der Waals surface area contributed by atoms with Gasteiger partial charge < -0.3 is 5.73 Å². The Labute approximate surface area is 124 Å². The summed E-state index contributed by atoms with van der Waals surface area (Å²) in [5.41, 5.74) is 6.28. The van der Waals surface area contributed by atoms with Gasteiger partial charge in [-0.2, -0.15) is 8.73 Å². The van der Waals surface area contributed by atoms with E-state index >= 15 is 0 Å². The highest BCUT2D eigenvalue weighted by Gasteiger charge is 2.25. The summed E-state index contributed by atoms with van der Waals surface area (Å²) in [7, 11) is -3.63. The molecule has 1 aliphatic heterocycles. The third-order valence-electron chi connectivity index (χ3n) is 2.55. The fourth-order valence-electron chi connectivity index (χ4n) is 1.34. The SMILES string of the molecule is CC(CN)S(=O)(=O)Nc1c(Cl)cc(Cl)c2c1N=S=N2. The molecule has 0 aliphatic carbocycles. The van der Waals surface area contributed by atoms with Crippen molar-refractivity contribution < 1.29 is 8.42 Å². The summed E-state index contributed by atoms with van der Waals surface area (Å²) >= 11 is 12.9. The van der Waals surface area contributed by atoms with Crippen LogP contribution < -0.4 is 10.5 Å². The first-order valence-electron chi connectivity index (χ1n) is 5.18. The number of fused-ring (bicyclic) bond motifs is 1. The molecule has 1 unspecified atom stereocenters. The molecule has 1 atom stereocenters. The van der Waals surface area contributed by atoms with E-state index in [0.29, 0.717) is 16.4 Å². The van der Waals surface area contributed by atoms with Crippen LogP contribution in [0.1, 0.15) is 6.92 Å². The molecule has 1 heterocycles. The van der Waals surface area contributed by atoms with Gasteiger partial charge in [-0.1, -0.05) is 23.2 Å². The largest absolute Gasteiger partial charge is 0.329 e. The van der Waals surface area contributed by atoms with Crippen LogP contribution in [0, 0.1) is 0 Å². The molecule has 3 N–H and O–H groups in total. The van der Waals surface area contributed by atoms with Crippen molar-refractivity contribution in [2.45, 2.75) is 12.2 Å². The van der Waals surface area contributed by atoms with E-state index in [9.17, 15) is 8.42 Å². The molecule has 2 rings (SSSR count). The van der Waals surface area contributed by atoms with Crippen molar-refractivity contribution in [3.05, 3.63) is 16.1 Å². The van der Waals surface area contributed by atoms with E-state index in [-0.39, 0.29) is 17.3 Å². The lowest BCUT2D eigenvalue weighted by atomic mass is 10.2. The van der Waals surface area contributed by atoms with Crippen LogP contribution in [-0.4, -0.2) is 20.2 Å². The normalized spacial score (nSPS) is 14.9. The van der Waals surface area contributed by atoms with E-state index in [1.807, 2.05) is 0 Å². The minimum Gasteiger partial charge on any atom is -0.329 e. The molecule has 0 amide bonds. The Morgan fingerprint density at radius 3 is 2.63 bits per heavy atom. The summed E-state index contributed by atoms with van der Waals surface area (Å²) in [5, 5.41) is -0.262. The first-order chi connectivity index (χ1) is 8.86. The molecular formula is C9H10Cl2N4O2S2. The second-order valence-electron chi connectivity index (χ2n) is 3.87. The Morgan fingerprint density at radius 1 is 1.37 bits per heavy atom. The van der Waals surface area contributed by atoms with Gasteiger partial charge in [-0.05, 0) is 13.0 Å². The Bertz CT molecular complexity index is 699. The maximum absolute atomic E-state index is 12.0. The number of nitrogens with one attached hydrogen (secondary N) is 1. The molecule has 0 radical (unpaired) electrons. The Kier molecular flexibility index (Phi) is 4.17.